The van der Waals surface area contributed by atoms with E-state index in [9.17, 15) is 8.78 Å². The Hall–Kier alpha value is -1.42. The van der Waals surface area contributed by atoms with Gasteiger partial charge in [0.05, 0.1) is 12.6 Å². The van der Waals surface area contributed by atoms with Crippen LogP contribution < -0.4 is 5.32 Å². The third-order valence-electron chi connectivity index (χ3n) is 3.00. The van der Waals surface area contributed by atoms with E-state index in [1.807, 2.05) is 13.0 Å². The quantitative estimate of drug-likeness (QED) is 0.871. The molecule has 0 amide bonds. The minimum Gasteiger partial charge on any atom is -0.496 e. The van der Waals surface area contributed by atoms with Gasteiger partial charge in [-0.1, -0.05) is 13.0 Å². The van der Waals surface area contributed by atoms with E-state index in [4.69, 9.17) is 4.74 Å². The Balaban J connectivity index is 2.18. The fourth-order valence-corrected chi connectivity index (χ4v) is 2.13. The number of hydrogen-bond acceptors (Lipinski definition) is 2. The van der Waals surface area contributed by atoms with Crippen LogP contribution >= 0.6 is 0 Å². The second-order valence-corrected chi connectivity index (χ2v) is 4.26. The Morgan fingerprint density at radius 3 is 2.61 bits per heavy atom. The van der Waals surface area contributed by atoms with Crippen LogP contribution in [0.4, 0.5) is 8.78 Å². The lowest BCUT2D eigenvalue weighted by atomic mass is 10.0. The van der Waals surface area contributed by atoms with Gasteiger partial charge < -0.3 is 10.1 Å². The van der Waals surface area contributed by atoms with Gasteiger partial charge in [-0.15, -0.1) is 0 Å². The van der Waals surface area contributed by atoms with E-state index in [0.29, 0.717) is 6.61 Å². The summed E-state index contributed by atoms with van der Waals surface area (Å²) in [4.78, 5) is 0. The van der Waals surface area contributed by atoms with Crippen molar-refractivity contribution in [3.05, 3.63) is 47.2 Å². The monoisotopic (exact) mass is 253 g/mol. The van der Waals surface area contributed by atoms with E-state index in [-0.39, 0.29) is 18.0 Å². The smallest absolute Gasteiger partial charge is 0.129 e. The van der Waals surface area contributed by atoms with Crippen molar-refractivity contribution in [1.82, 2.24) is 5.32 Å². The Morgan fingerprint density at radius 1 is 1.33 bits per heavy atom. The summed E-state index contributed by atoms with van der Waals surface area (Å²) < 4.78 is 32.7. The van der Waals surface area contributed by atoms with E-state index in [2.05, 4.69) is 5.32 Å². The zero-order valence-electron chi connectivity index (χ0n) is 10.4. The fraction of sp³-hybridized carbons (Fsp3) is 0.429. The first-order valence-corrected chi connectivity index (χ1v) is 6.21. The van der Waals surface area contributed by atoms with Crippen molar-refractivity contribution in [2.75, 3.05) is 13.2 Å². The number of likely N-dealkylation sites (N-methyl/N-ethyl adjacent to an activating group) is 1. The molecule has 18 heavy (non-hydrogen) atoms. The number of ether oxygens (including phenoxy) is 1. The summed E-state index contributed by atoms with van der Waals surface area (Å²) in [5.74, 6) is -0.215. The summed E-state index contributed by atoms with van der Waals surface area (Å²) >= 11 is 0. The maximum Gasteiger partial charge on any atom is 0.129 e. The number of rotatable bonds is 5. The third kappa shape index (κ3) is 2.88. The molecule has 0 aromatic heterocycles. The van der Waals surface area contributed by atoms with Crippen molar-refractivity contribution in [2.24, 2.45) is 0 Å². The molecule has 1 heterocycles. The van der Waals surface area contributed by atoms with E-state index >= 15 is 0 Å². The second-order valence-electron chi connectivity index (χ2n) is 4.26. The SMILES string of the molecule is CCNC(Cc1c(F)cccc1F)C1=CCCO1. The number of halogens is 2. The highest BCUT2D eigenvalue weighted by atomic mass is 19.1. The van der Waals surface area contributed by atoms with Crippen molar-refractivity contribution >= 4 is 0 Å². The Labute approximate surface area is 106 Å². The molecule has 2 rings (SSSR count). The standard InChI is InChI=1S/C14H17F2NO/c1-2-17-13(14-7-4-8-18-14)9-10-11(15)5-3-6-12(10)16/h3,5-7,13,17H,2,4,8-9H2,1H3. The molecule has 98 valence electrons. The Bertz CT molecular complexity index is 425. The highest BCUT2D eigenvalue weighted by Gasteiger charge is 2.21. The highest BCUT2D eigenvalue weighted by molar-refractivity contribution is 5.23. The predicted octanol–water partition coefficient (Wildman–Crippen LogP) is 2.79. The Morgan fingerprint density at radius 2 is 2.06 bits per heavy atom. The molecule has 0 bridgehead atoms. The molecule has 0 saturated heterocycles. The van der Waals surface area contributed by atoms with Gasteiger partial charge in [-0.2, -0.15) is 0 Å². The van der Waals surface area contributed by atoms with Gasteiger partial charge in [0.2, 0.25) is 0 Å². The van der Waals surface area contributed by atoms with Gasteiger partial charge >= 0.3 is 0 Å². The molecule has 0 saturated carbocycles. The fourth-order valence-electron chi connectivity index (χ4n) is 2.13. The van der Waals surface area contributed by atoms with Crippen LogP contribution in [-0.2, 0) is 11.2 Å². The summed E-state index contributed by atoms with van der Waals surface area (Å²) in [7, 11) is 0. The second kappa shape index (κ2) is 5.96. The van der Waals surface area contributed by atoms with Crippen LogP contribution in [-0.4, -0.2) is 19.2 Å². The van der Waals surface area contributed by atoms with Gasteiger partial charge in [-0.05, 0) is 24.8 Å². The van der Waals surface area contributed by atoms with Crippen molar-refractivity contribution in [1.29, 1.82) is 0 Å². The van der Waals surface area contributed by atoms with Crippen molar-refractivity contribution in [3.8, 4) is 0 Å². The molecule has 1 aromatic carbocycles. The molecule has 1 N–H and O–H groups in total. The minimum atomic E-state index is -0.503. The largest absolute Gasteiger partial charge is 0.496 e. The summed E-state index contributed by atoms with van der Waals surface area (Å²) in [5.41, 5.74) is 0.111. The van der Waals surface area contributed by atoms with Gasteiger partial charge in [0.1, 0.15) is 17.4 Å². The average Bonchev–Trinajstić information content (AvgIpc) is 2.86. The summed E-state index contributed by atoms with van der Waals surface area (Å²) in [6.45, 7) is 3.33. The Kier molecular flexibility index (Phi) is 4.31. The first-order valence-electron chi connectivity index (χ1n) is 6.21. The van der Waals surface area contributed by atoms with Gasteiger partial charge in [0.25, 0.3) is 0 Å². The first kappa shape index (κ1) is 13.0. The summed E-state index contributed by atoms with van der Waals surface area (Å²) in [5, 5.41) is 3.20. The molecule has 4 heteroatoms. The average molecular weight is 253 g/mol. The zero-order chi connectivity index (χ0) is 13.0. The molecule has 1 aliphatic rings. The lowest BCUT2D eigenvalue weighted by molar-refractivity contribution is 0.214. The maximum absolute atomic E-state index is 13.6. The predicted molar refractivity (Wildman–Crippen MR) is 66.2 cm³/mol. The third-order valence-corrected chi connectivity index (χ3v) is 3.00. The molecule has 1 unspecified atom stereocenters. The van der Waals surface area contributed by atoms with Crippen LogP contribution in [0, 0.1) is 11.6 Å². The number of hydrogen-bond donors (Lipinski definition) is 1. The van der Waals surface area contributed by atoms with Gasteiger partial charge in [-0.3, -0.25) is 0 Å². The van der Waals surface area contributed by atoms with Gasteiger partial charge in [-0.25, -0.2) is 8.78 Å². The molecular formula is C14H17F2NO. The van der Waals surface area contributed by atoms with Crippen LogP contribution in [0.2, 0.25) is 0 Å². The van der Waals surface area contributed by atoms with Gasteiger partial charge in [0.15, 0.2) is 0 Å². The van der Waals surface area contributed by atoms with Crippen LogP contribution in [0.3, 0.4) is 0 Å². The van der Waals surface area contributed by atoms with E-state index in [0.717, 1.165) is 18.7 Å². The molecule has 1 atom stereocenters. The molecule has 1 aromatic rings. The maximum atomic E-state index is 13.6. The minimum absolute atomic E-state index is 0.111. The van der Waals surface area contributed by atoms with Gasteiger partial charge in [0, 0.05) is 18.4 Å². The molecular weight excluding hydrogens is 236 g/mol. The van der Waals surface area contributed by atoms with Crippen LogP contribution in [0.5, 0.6) is 0 Å². The lowest BCUT2D eigenvalue weighted by Gasteiger charge is -2.19. The van der Waals surface area contributed by atoms with Crippen LogP contribution in [0.1, 0.15) is 18.9 Å². The summed E-state index contributed by atoms with van der Waals surface area (Å²) in [6.07, 6.45) is 3.10. The summed E-state index contributed by atoms with van der Waals surface area (Å²) in [6, 6.07) is 3.78. The van der Waals surface area contributed by atoms with Crippen LogP contribution in [0.25, 0.3) is 0 Å². The normalized spacial score (nSPS) is 16.3. The van der Waals surface area contributed by atoms with Crippen molar-refractivity contribution in [3.63, 3.8) is 0 Å². The first-order chi connectivity index (χ1) is 8.72. The van der Waals surface area contributed by atoms with E-state index < -0.39 is 11.6 Å². The van der Waals surface area contributed by atoms with Crippen molar-refractivity contribution < 1.29 is 13.5 Å². The van der Waals surface area contributed by atoms with E-state index in [1.165, 1.54) is 18.2 Å². The van der Waals surface area contributed by atoms with Crippen LogP contribution in [0.15, 0.2) is 30.0 Å². The number of nitrogens with one attached hydrogen (secondary N) is 1. The zero-order valence-corrected chi connectivity index (χ0v) is 10.4. The molecule has 0 spiro atoms. The molecule has 0 aliphatic carbocycles. The molecule has 2 nitrogen and oxygen atoms in total. The topological polar surface area (TPSA) is 21.3 Å². The molecule has 0 fully saturated rings. The van der Waals surface area contributed by atoms with E-state index in [1.54, 1.807) is 0 Å². The highest BCUT2D eigenvalue weighted by Crippen LogP contribution is 2.20. The molecule has 1 aliphatic heterocycles. The molecule has 0 radical (unpaired) electrons. The number of benzene rings is 1. The van der Waals surface area contributed by atoms with Crippen molar-refractivity contribution in [2.45, 2.75) is 25.8 Å². The lowest BCUT2D eigenvalue weighted by Crippen LogP contribution is -2.33.